The van der Waals surface area contributed by atoms with Gasteiger partial charge in [0.2, 0.25) is 0 Å². The number of rotatable bonds is 2. The fraction of sp³-hybridized carbons (Fsp3) is 0.133. The average Bonchev–Trinajstić information content (AvgIpc) is 2.73. The number of aryl methyl sites for hydroxylation is 1. The van der Waals surface area contributed by atoms with E-state index in [2.05, 4.69) is 4.98 Å². The normalized spacial score (nSPS) is 11.0. The van der Waals surface area contributed by atoms with E-state index in [1.54, 1.807) is 10.6 Å². The quantitative estimate of drug-likeness (QED) is 0.687. The molecule has 0 fully saturated rings. The van der Waals surface area contributed by atoms with Gasteiger partial charge in [0.05, 0.1) is 28.9 Å². The van der Waals surface area contributed by atoms with E-state index in [9.17, 15) is 4.39 Å². The van der Waals surface area contributed by atoms with Crippen molar-refractivity contribution in [3.63, 3.8) is 0 Å². The van der Waals surface area contributed by atoms with Gasteiger partial charge in [-0.3, -0.25) is 4.57 Å². The molecule has 0 saturated carbocycles. The summed E-state index contributed by atoms with van der Waals surface area (Å²) in [6.07, 6.45) is 0. The zero-order chi connectivity index (χ0) is 15.1. The maximum atomic E-state index is 13.8. The molecule has 3 nitrogen and oxygen atoms in total. The highest BCUT2D eigenvalue weighted by molar-refractivity contribution is 7.71. The lowest BCUT2D eigenvalue weighted by molar-refractivity contribution is 0.387. The largest absolute Gasteiger partial charge is 0.494 e. The molecule has 0 unspecified atom stereocenters. The number of aromatic amines is 1. The minimum absolute atomic E-state index is 0.161. The Kier molecular flexibility index (Phi) is 3.47. The maximum Gasteiger partial charge on any atom is 0.182 e. The van der Waals surface area contributed by atoms with E-state index in [4.69, 9.17) is 28.6 Å². The second kappa shape index (κ2) is 5.16. The summed E-state index contributed by atoms with van der Waals surface area (Å²) in [5.74, 6) is -0.281. The molecule has 3 aromatic rings. The van der Waals surface area contributed by atoms with Crippen LogP contribution < -0.4 is 4.74 Å². The van der Waals surface area contributed by atoms with Crippen LogP contribution in [0.2, 0.25) is 5.02 Å². The lowest BCUT2D eigenvalue weighted by Crippen LogP contribution is -1.96. The molecule has 0 radical (unpaired) electrons. The summed E-state index contributed by atoms with van der Waals surface area (Å²) in [5.41, 5.74) is 3.10. The average molecular weight is 323 g/mol. The SMILES string of the molecule is COc1cc2c(cc1F)[nH]c(=S)n2-c1ccc(C)cc1Cl. The van der Waals surface area contributed by atoms with E-state index < -0.39 is 5.82 Å². The zero-order valence-electron chi connectivity index (χ0n) is 11.4. The molecule has 1 aromatic heterocycles. The molecule has 0 aliphatic rings. The van der Waals surface area contributed by atoms with Gasteiger partial charge in [-0.2, -0.15) is 0 Å². The minimum Gasteiger partial charge on any atom is -0.494 e. The molecular weight excluding hydrogens is 311 g/mol. The Morgan fingerprint density at radius 3 is 2.71 bits per heavy atom. The first-order valence-corrected chi connectivity index (χ1v) is 7.04. The van der Waals surface area contributed by atoms with E-state index >= 15 is 0 Å². The third kappa shape index (κ3) is 2.32. The number of methoxy groups -OCH3 is 1. The molecule has 0 amide bonds. The van der Waals surface area contributed by atoms with Crippen molar-refractivity contribution in [1.82, 2.24) is 9.55 Å². The van der Waals surface area contributed by atoms with Crippen LogP contribution in [-0.4, -0.2) is 16.7 Å². The highest BCUT2D eigenvalue weighted by atomic mass is 35.5. The van der Waals surface area contributed by atoms with Gasteiger partial charge in [0, 0.05) is 12.1 Å². The van der Waals surface area contributed by atoms with Gasteiger partial charge in [0.15, 0.2) is 16.3 Å². The van der Waals surface area contributed by atoms with Crippen molar-refractivity contribution in [2.75, 3.05) is 7.11 Å². The number of nitrogens with one attached hydrogen (secondary N) is 1. The molecule has 0 aliphatic carbocycles. The summed E-state index contributed by atoms with van der Waals surface area (Å²) >= 11 is 11.6. The van der Waals surface area contributed by atoms with E-state index in [1.165, 1.54) is 13.2 Å². The third-order valence-corrected chi connectivity index (χ3v) is 3.89. The lowest BCUT2D eigenvalue weighted by atomic mass is 10.2. The standard InChI is InChI=1S/C15H12ClFN2OS/c1-8-3-4-12(9(16)5-8)19-13-7-14(20-2)10(17)6-11(13)18-15(19)21/h3-7H,1-2H3,(H,18,21). The zero-order valence-corrected chi connectivity index (χ0v) is 13.0. The molecule has 6 heteroatoms. The topological polar surface area (TPSA) is 29.9 Å². The number of fused-ring (bicyclic) bond motifs is 1. The van der Waals surface area contributed by atoms with Crippen LogP contribution in [0.1, 0.15) is 5.56 Å². The Bertz CT molecular complexity index is 901. The second-order valence-electron chi connectivity index (χ2n) is 4.72. The number of halogens is 2. The molecule has 108 valence electrons. The number of nitrogens with zero attached hydrogens (tertiary/aromatic N) is 1. The Balaban J connectivity index is 2.36. The highest BCUT2D eigenvalue weighted by Crippen LogP contribution is 2.30. The predicted octanol–water partition coefficient (Wildman–Crippen LogP) is 4.80. The number of aromatic nitrogens is 2. The van der Waals surface area contributed by atoms with Gasteiger partial charge in [-0.15, -0.1) is 0 Å². The molecule has 0 saturated heterocycles. The van der Waals surface area contributed by atoms with Crippen LogP contribution in [0.3, 0.4) is 0 Å². The number of hydrogen-bond acceptors (Lipinski definition) is 2. The van der Waals surface area contributed by atoms with Crippen LogP contribution in [0.25, 0.3) is 16.7 Å². The molecule has 0 bridgehead atoms. The minimum atomic E-state index is -0.441. The number of imidazole rings is 1. The van der Waals surface area contributed by atoms with Crippen LogP contribution >= 0.6 is 23.8 Å². The first-order valence-electron chi connectivity index (χ1n) is 6.26. The summed E-state index contributed by atoms with van der Waals surface area (Å²) in [6, 6.07) is 8.66. The van der Waals surface area contributed by atoms with Crippen molar-refractivity contribution in [2.24, 2.45) is 0 Å². The molecule has 1 N–H and O–H groups in total. The van der Waals surface area contributed by atoms with Gasteiger partial charge < -0.3 is 9.72 Å². The molecule has 0 aliphatic heterocycles. The van der Waals surface area contributed by atoms with Gasteiger partial charge in [0.1, 0.15) is 0 Å². The second-order valence-corrected chi connectivity index (χ2v) is 5.52. The predicted molar refractivity (Wildman–Crippen MR) is 84.7 cm³/mol. The molecule has 2 aromatic carbocycles. The summed E-state index contributed by atoms with van der Waals surface area (Å²) in [6.45, 7) is 1.96. The smallest absolute Gasteiger partial charge is 0.182 e. The van der Waals surface area contributed by atoms with E-state index in [0.29, 0.717) is 20.8 Å². The Labute approximate surface area is 130 Å². The van der Waals surface area contributed by atoms with Crippen molar-refractivity contribution < 1.29 is 9.13 Å². The van der Waals surface area contributed by atoms with Crippen LogP contribution in [0.5, 0.6) is 5.75 Å². The number of hydrogen-bond donors (Lipinski definition) is 1. The van der Waals surface area contributed by atoms with Gasteiger partial charge in [-0.1, -0.05) is 17.7 Å². The Hall–Kier alpha value is -1.85. The van der Waals surface area contributed by atoms with Crippen LogP contribution in [0.4, 0.5) is 4.39 Å². The van der Waals surface area contributed by atoms with Gasteiger partial charge in [0.25, 0.3) is 0 Å². The lowest BCUT2D eigenvalue weighted by Gasteiger charge is -2.09. The van der Waals surface area contributed by atoms with Crippen LogP contribution in [0.15, 0.2) is 30.3 Å². The fourth-order valence-electron chi connectivity index (χ4n) is 2.30. The number of H-pyrrole nitrogens is 1. The summed E-state index contributed by atoms with van der Waals surface area (Å²) in [7, 11) is 1.43. The monoisotopic (exact) mass is 322 g/mol. The van der Waals surface area contributed by atoms with Crippen LogP contribution in [-0.2, 0) is 0 Å². The Morgan fingerprint density at radius 1 is 1.29 bits per heavy atom. The number of ether oxygens (including phenoxy) is 1. The maximum absolute atomic E-state index is 13.8. The van der Waals surface area contributed by atoms with Gasteiger partial charge in [-0.05, 0) is 36.8 Å². The first kappa shape index (κ1) is 14.1. The molecular formula is C15H12ClFN2OS. The Morgan fingerprint density at radius 2 is 2.05 bits per heavy atom. The summed E-state index contributed by atoms with van der Waals surface area (Å²) in [4.78, 5) is 2.98. The van der Waals surface area contributed by atoms with Gasteiger partial charge >= 0.3 is 0 Å². The summed E-state index contributed by atoms with van der Waals surface area (Å²) in [5, 5.41) is 0.579. The number of benzene rings is 2. The molecule has 0 atom stereocenters. The van der Waals surface area contributed by atoms with Crippen molar-refractivity contribution >= 4 is 34.9 Å². The van der Waals surface area contributed by atoms with Gasteiger partial charge in [-0.25, -0.2) is 4.39 Å². The van der Waals surface area contributed by atoms with E-state index in [0.717, 1.165) is 11.3 Å². The molecule has 3 rings (SSSR count). The molecule has 1 heterocycles. The molecule has 0 spiro atoms. The fourth-order valence-corrected chi connectivity index (χ4v) is 2.92. The first-order chi connectivity index (χ1) is 10.0. The van der Waals surface area contributed by atoms with Crippen molar-refractivity contribution in [1.29, 1.82) is 0 Å². The van der Waals surface area contributed by atoms with Crippen molar-refractivity contribution in [2.45, 2.75) is 6.92 Å². The van der Waals surface area contributed by atoms with E-state index in [1.807, 2.05) is 25.1 Å². The highest BCUT2D eigenvalue weighted by Gasteiger charge is 2.13. The van der Waals surface area contributed by atoms with E-state index in [-0.39, 0.29) is 5.75 Å². The summed E-state index contributed by atoms with van der Waals surface area (Å²) < 4.78 is 21.0. The third-order valence-electron chi connectivity index (χ3n) is 3.30. The van der Waals surface area contributed by atoms with Crippen molar-refractivity contribution in [3.05, 3.63) is 51.5 Å². The molecule has 21 heavy (non-hydrogen) atoms. The van der Waals surface area contributed by atoms with Crippen molar-refractivity contribution in [3.8, 4) is 11.4 Å². The van der Waals surface area contributed by atoms with Crippen LogP contribution in [0, 0.1) is 17.5 Å².